The third-order valence-corrected chi connectivity index (χ3v) is 2.77. The van der Waals surface area contributed by atoms with Gasteiger partial charge in [-0.15, -0.1) is 0 Å². The number of rotatable bonds is 7. The van der Waals surface area contributed by atoms with Gasteiger partial charge in [0.15, 0.2) is 0 Å². The van der Waals surface area contributed by atoms with Gasteiger partial charge in [-0.05, 0) is 26.0 Å². The summed E-state index contributed by atoms with van der Waals surface area (Å²) >= 11 is 0. The van der Waals surface area contributed by atoms with Crippen molar-refractivity contribution in [1.82, 2.24) is 5.32 Å². The number of para-hydroxylation sites is 1. The number of hydrogen-bond acceptors (Lipinski definition) is 3. The van der Waals surface area contributed by atoms with E-state index in [0.29, 0.717) is 6.04 Å². The molecule has 0 fully saturated rings. The second kappa shape index (κ2) is 7.25. The van der Waals surface area contributed by atoms with Gasteiger partial charge in [0.05, 0.1) is 6.10 Å². The lowest BCUT2D eigenvalue weighted by Gasteiger charge is -2.20. The van der Waals surface area contributed by atoms with E-state index in [1.54, 1.807) is 7.11 Å². The van der Waals surface area contributed by atoms with Gasteiger partial charge >= 0.3 is 0 Å². The van der Waals surface area contributed by atoms with Crippen molar-refractivity contribution in [3.8, 4) is 0 Å². The Morgan fingerprint density at radius 1 is 1.12 bits per heavy atom. The van der Waals surface area contributed by atoms with Crippen molar-refractivity contribution in [2.45, 2.75) is 26.0 Å². The SMILES string of the molecule is COC(C)C(C)NCCNc1ccccc1. The Morgan fingerprint density at radius 2 is 1.81 bits per heavy atom. The standard InChI is InChI=1S/C13H22N2O/c1-11(12(2)16-3)14-9-10-15-13-7-5-4-6-8-13/h4-8,11-12,14-15H,9-10H2,1-3H3. The molecule has 0 spiro atoms. The molecular formula is C13H22N2O. The fraction of sp³-hybridized carbons (Fsp3) is 0.538. The van der Waals surface area contributed by atoms with E-state index in [1.165, 1.54) is 0 Å². The van der Waals surface area contributed by atoms with Crippen LogP contribution in [0.4, 0.5) is 5.69 Å². The fourth-order valence-corrected chi connectivity index (χ4v) is 1.43. The van der Waals surface area contributed by atoms with E-state index < -0.39 is 0 Å². The number of methoxy groups -OCH3 is 1. The molecule has 2 N–H and O–H groups in total. The van der Waals surface area contributed by atoms with E-state index in [-0.39, 0.29) is 6.10 Å². The summed E-state index contributed by atoms with van der Waals surface area (Å²) in [5.41, 5.74) is 1.16. The molecule has 0 amide bonds. The lowest BCUT2D eigenvalue weighted by molar-refractivity contribution is 0.0893. The van der Waals surface area contributed by atoms with Crippen molar-refractivity contribution < 1.29 is 4.74 Å². The summed E-state index contributed by atoms with van der Waals surface area (Å²) in [4.78, 5) is 0. The molecule has 90 valence electrons. The molecule has 0 bridgehead atoms. The Hall–Kier alpha value is -1.06. The number of anilines is 1. The minimum Gasteiger partial charge on any atom is -0.384 e. The molecule has 0 heterocycles. The van der Waals surface area contributed by atoms with Gasteiger partial charge in [-0.2, -0.15) is 0 Å². The summed E-state index contributed by atoms with van der Waals surface area (Å²) < 4.78 is 5.24. The molecule has 2 atom stereocenters. The lowest BCUT2D eigenvalue weighted by Crippen LogP contribution is -2.39. The van der Waals surface area contributed by atoms with Crippen LogP contribution < -0.4 is 10.6 Å². The maximum atomic E-state index is 5.24. The van der Waals surface area contributed by atoms with Crippen LogP contribution in [0.5, 0.6) is 0 Å². The van der Waals surface area contributed by atoms with E-state index in [1.807, 2.05) is 18.2 Å². The Balaban J connectivity index is 2.13. The van der Waals surface area contributed by atoms with Gasteiger partial charge in [0.1, 0.15) is 0 Å². The van der Waals surface area contributed by atoms with Crippen LogP contribution in [0.1, 0.15) is 13.8 Å². The molecule has 3 nitrogen and oxygen atoms in total. The Labute approximate surface area is 98.2 Å². The first-order valence-corrected chi connectivity index (χ1v) is 5.79. The van der Waals surface area contributed by atoms with Crippen LogP contribution >= 0.6 is 0 Å². The molecule has 3 heteroatoms. The molecule has 1 aromatic carbocycles. The molecule has 0 radical (unpaired) electrons. The van der Waals surface area contributed by atoms with Crippen LogP contribution in [-0.2, 0) is 4.74 Å². The van der Waals surface area contributed by atoms with E-state index >= 15 is 0 Å². The van der Waals surface area contributed by atoms with E-state index in [4.69, 9.17) is 4.74 Å². The molecule has 0 aliphatic rings. The first-order chi connectivity index (χ1) is 7.74. The largest absolute Gasteiger partial charge is 0.384 e. The smallest absolute Gasteiger partial charge is 0.0693 e. The molecular weight excluding hydrogens is 200 g/mol. The lowest BCUT2D eigenvalue weighted by atomic mass is 10.2. The summed E-state index contributed by atoms with van der Waals surface area (Å²) in [7, 11) is 1.74. The van der Waals surface area contributed by atoms with Crippen LogP contribution in [0, 0.1) is 0 Å². The molecule has 1 aromatic rings. The summed E-state index contributed by atoms with van der Waals surface area (Å²) in [6, 6.07) is 10.6. The van der Waals surface area contributed by atoms with Crippen LogP contribution in [0.3, 0.4) is 0 Å². The maximum absolute atomic E-state index is 5.24. The zero-order valence-electron chi connectivity index (χ0n) is 10.4. The Bertz CT molecular complexity index is 277. The second-order valence-electron chi connectivity index (χ2n) is 3.98. The highest BCUT2D eigenvalue weighted by Gasteiger charge is 2.08. The van der Waals surface area contributed by atoms with Crippen LogP contribution in [0.25, 0.3) is 0 Å². The minimum absolute atomic E-state index is 0.247. The van der Waals surface area contributed by atoms with Crippen LogP contribution in [0.2, 0.25) is 0 Å². The average Bonchev–Trinajstić information content (AvgIpc) is 2.34. The van der Waals surface area contributed by atoms with E-state index in [9.17, 15) is 0 Å². The predicted molar refractivity (Wildman–Crippen MR) is 68.9 cm³/mol. The van der Waals surface area contributed by atoms with Crippen molar-refractivity contribution in [3.05, 3.63) is 30.3 Å². The maximum Gasteiger partial charge on any atom is 0.0693 e. The Kier molecular flexibility index (Phi) is 5.90. The van der Waals surface area contributed by atoms with Crippen molar-refractivity contribution >= 4 is 5.69 Å². The zero-order valence-corrected chi connectivity index (χ0v) is 10.4. The number of ether oxygens (including phenoxy) is 1. The fourth-order valence-electron chi connectivity index (χ4n) is 1.43. The van der Waals surface area contributed by atoms with E-state index in [2.05, 4.69) is 36.6 Å². The molecule has 2 unspecified atom stereocenters. The third-order valence-electron chi connectivity index (χ3n) is 2.77. The van der Waals surface area contributed by atoms with Crippen molar-refractivity contribution in [1.29, 1.82) is 0 Å². The van der Waals surface area contributed by atoms with Gasteiger partial charge in [-0.25, -0.2) is 0 Å². The average molecular weight is 222 g/mol. The number of hydrogen-bond donors (Lipinski definition) is 2. The van der Waals surface area contributed by atoms with Crippen molar-refractivity contribution in [2.75, 3.05) is 25.5 Å². The Morgan fingerprint density at radius 3 is 2.44 bits per heavy atom. The summed E-state index contributed by atoms with van der Waals surface area (Å²) in [6.07, 6.45) is 0.247. The normalized spacial score (nSPS) is 14.4. The van der Waals surface area contributed by atoms with Crippen LogP contribution in [0.15, 0.2) is 30.3 Å². The molecule has 16 heavy (non-hydrogen) atoms. The number of nitrogens with one attached hydrogen (secondary N) is 2. The van der Waals surface area contributed by atoms with Gasteiger partial charge in [0, 0.05) is 31.9 Å². The van der Waals surface area contributed by atoms with Crippen molar-refractivity contribution in [2.24, 2.45) is 0 Å². The topological polar surface area (TPSA) is 33.3 Å². The van der Waals surface area contributed by atoms with Crippen LogP contribution in [-0.4, -0.2) is 32.3 Å². The third kappa shape index (κ3) is 4.64. The predicted octanol–water partition coefficient (Wildman–Crippen LogP) is 2.11. The molecule has 0 saturated heterocycles. The van der Waals surface area contributed by atoms with Gasteiger partial charge in [0.2, 0.25) is 0 Å². The molecule has 1 rings (SSSR count). The van der Waals surface area contributed by atoms with Gasteiger partial charge in [-0.1, -0.05) is 18.2 Å². The first kappa shape index (κ1) is 13.0. The zero-order chi connectivity index (χ0) is 11.8. The van der Waals surface area contributed by atoms with Gasteiger partial charge in [0.25, 0.3) is 0 Å². The summed E-state index contributed by atoms with van der Waals surface area (Å²) in [6.45, 7) is 6.06. The first-order valence-electron chi connectivity index (χ1n) is 5.79. The quantitative estimate of drug-likeness (QED) is 0.693. The summed E-state index contributed by atoms with van der Waals surface area (Å²) in [5, 5.41) is 6.77. The second-order valence-corrected chi connectivity index (χ2v) is 3.98. The monoisotopic (exact) mass is 222 g/mol. The van der Waals surface area contributed by atoms with Gasteiger partial charge < -0.3 is 15.4 Å². The molecule has 0 aromatic heterocycles. The highest BCUT2D eigenvalue weighted by Crippen LogP contribution is 2.03. The molecule has 0 aliphatic carbocycles. The van der Waals surface area contributed by atoms with Crippen molar-refractivity contribution in [3.63, 3.8) is 0 Å². The molecule has 0 saturated carbocycles. The molecule has 0 aliphatic heterocycles. The number of benzene rings is 1. The highest BCUT2D eigenvalue weighted by molar-refractivity contribution is 5.42. The minimum atomic E-state index is 0.247. The highest BCUT2D eigenvalue weighted by atomic mass is 16.5. The van der Waals surface area contributed by atoms with E-state index in [0.717, 1.165) is 18.8 Å². The summed E-state index contributed by atoms with van der Waals surface area (Å²) in [5.74, 6) is 0. The van der Waals surface area contributed by atoms with Gasteiger partial charge in [-0.3, -0.25) is 0 Å².